The Hall–Kier alpha value is -2.16. The van der Waals surface area contributed by atoms with Crippen LogP contribution in [0, 0.1) is 0 Å². The Kier molecular flexibility index (Phi) is 5.17. The molecular formula is C18H19NO5S2. The summed E-state index contributed by atoms with van der Waals surface area (Å²) >= 11 is 1.46. The number of hydrogen-bond donors (Lipinski definition) is 0. The molecule has 1 aromatic carbocycles. The van der Waals surface area contributed by atoms with Gasteiger partial charge in [-0.3, -0.25) is 4.79 Å². The zero-order valence-electron chi connectivity index (χ0n) is 14.4. The molecule has 8 heteroatoms. The summed E-state index contributed by atoms with van der Waals surface area (Å²) < 4.78 is 37.7. The minimum Gasteiger partial charge on any atom is -0.497 e. The molecule has 2 heterocycles. The van der Waals surface area contributed by atoms with E-state index in [2.05, 4.69) is 6.58 Å². The molecule has 26 heavy (non-hydrogen) atoms. The molecule has 138 valence electrons. The number of esters is 1. The van der Waals surface area contributed by atoms with Crippen molar-refractivity contribution in [3.05, 3.63) is 58.8 Å². The van der Waals surface area contributed by atoms with Gasteiger partial charge in [0.2, 0.25) is 10.0 Å². The molecule has 0 fully saturated rings. The summed E-state index contributed by atoms with van der Waals surface area (Å²) in [6.45, 7) is 3.92. The zero-order valence-corrected chi connectivity index (χ0v) is 16.0. The standard InChI is InChI=1S/C18H19NO5S2/c1-4-14-15-9-10-25-16(15)11-19(17(14)18(20)24-3)26(21,22)13-7-5-12(23-2)6-8-13/h4-10,14,17H,1,11H2,2-3H3. The number of carbonyl (C=O) groups excluding carboxylic acids is 1. The Balaban J connectivity index is 2.10. The molecule has 1 aromatic heterocycles. The van der Waals surface area contributed by atoms with E-state index in [9.17, 15) is 13.2 Å². The van der Waals surface area contributed by atoms with Crippen molar-refractivity contribution < 1.29 is 22.7 Å². The van der Waals surface area contributed by atoms with E-state index >= 15 is 0 Å². The van der Waals surface area contributed by atoms with Gasteiger partial charge in [-0.05, 0) is 41.3 Å². The van der Waals surface area contributed by atoms with Crippen LogP contribution in [0.15, 0.2) is 53.3 Å². The predicted octanol–water partition coefficient (Wildman–Crippen LogP) is 2.77. The van der Waals surface area contributed by atoms with Crippen LogP contribution in [-0.2, 0) is 26.1 Å². The molecule has 2 atom stereocenters. The van der Waals surface area contributed by atoms with E-state index in [1.807, 2.05) is 11.4 Å². The highest BCUT2D eigenvalue weighted by molar-refractivity contribution is 7.89. The third kappa shape index (κ3) is 3.04. The molecular weight excluding hydrogens is 374 g/mol. The third-order valence-corrected chi connectivity index (χ3v) is 7.21. The Morgan fingerprint density at radius 2 is 1.96 bits per heavy atom. The topological polar surface area (TPSA) is 72.9 Å². The van der Waals surface area contributed by atoms with Crippen molar-refractivity contribution in [2.45, 2.75) is 23.4 Å². The summed E-state index contributed by atoms with van der Waals surface area (Å²) in [6.07, 6.45) is 1.60. The lowest BCUT2D eigenvalue weighted by molar-refractivity contribution is -0.146. The first kappa shape index (κ1) is 18.6. The average molecular weight is 393 g/mol. The van der Waals surface area contributed by atoms with Crippen LogP contribution < -0.4 is 4.74 Å². The number of benzene rings is 1. The fourth-order valence-corrected chi connectivity index (χ4v) is 5.70. The molecule has 3 rings (SSSR count). The van der Waals surface area contributed by atoms with Crippen LogP contribution in [0.2, 0.25) is 0 Å². The molecule has 1 aliphatic rings. The second-order valence-electron chi connectivity index (χ2n) is 5.75. The molecule has 0 bridgehead atoms. The number of methoxy groups -OCH3 is 2. The highest BCUT2D eigenvalue weighted by Crippen LogP contribution is 2.40. The normalized spacial score (nSPS) is 20.2. The van der Waals surface area contributed by atoms with Gasteiger partial charge >= 0.3 is 5.97 Å². The van der Waals surface area contributed by atoms with Crippen molar-refractivity contribution in [1.82, 2.24) is 4.31 Å². The molecule has 0 aliphatic carbocycles. The minimum atomic E-state index is -3.92. The quantitative estimate of drug-likeness (QED) is 0.577. The van der Waals surface area contributed by atoms with Crippen LogP contribution in [0.1, 0.15) is 16.4 Å². The van der Waals surface area contributed by atoms with E-state index < -0.39 is 28.0 Å². The third-order valence-electron chi connectivity index (χ3n) is 4.45. The van der Waals surface area contributed by atoms with Gasteiger partial charge in [0.1, 0.15) is 11.8 Å². The Morgan fingerprint density at radius 1 is 1.27 bits per heavy atom. The van der Waals surface area contributed by atoms with E-state index in [0.717, 1.165) is 10.4 Å². The summed E-state index contributed by atoms with van der Waals surface area (Å²) in [6, 6.07) is 6.99. The fraction of sp³-hybridized carbons (Fsp3) is 0.278. The van der Waals surface area contributed by atoms with E-state index in [0.29, 0.717) is 5.75 Å². The molecule has 0 N–H and O–H groups in total. The molecule has 1 aliphatic heterocycles. The van der Waals surface area contributed by atoms with Crippen LogP contribution in [0.5, 0.6) is 5.75 Å². The van der Waals surface area contributed by atoms with Crippen LogP contribution in [0.4, 0.5) is 0 Å². The van der Waals surface area contributed by atoms with Crippen molar-refractivity contribution in [3.8, 4) is 5.75 Å². The Labute approximate surface area is 156 Å². The van der Waals surface area contributed by atoms with E-state index in [-0.39, 0.29) is 11.4 Å². The molecule has 0 saturated heterocycles. The summed E-state index contributed by atoms with van der Waals surface area (Å²) in [5.74, 6) is -0.522. The first-order valence-corrected chi connectivity index (χ1v) is 10.2. The van der Waals surface area contributed by atoms with Gasteiger partial charge in [0.15, 0.2) is 0 Å². The molecule has 0 radical (unpaired) electrons. The van der Waals surface area contributed by atoms with Crippen molar-refractivity contribution in [3.63, 3.8) is 0 Å². The maximum absolute atomic E-state index is 13.3. The highest BCUT2D eigenvalue weighted by atomic mass is 32.2. The summed E-state index contributed by atoms with van der Waals surface area (Å²) in [4.78, 5) is 13.5. The monoisotopic (exact) mass is 393 g/mol. The lowest BCUT2D eigenvalue weighted by atomic mass is 9.89. The van der Waals surface area contributed by atoms with Crippen LogP contribution in [-0.4, -0.2) is 39.0 Å². The summed E-state index contributed by atoms with van der Waals surface area (Å²) in [5.41, 5.74) is 0.918. The second-order valence-corrected chi connectivity index (χ2v) is 8.65. The van der Waals surface area contributed by atoms with Gasteiger partial charge < -0.3 is 9.47 Å². The Morgan fingerprint density at radius 3 is 2.54 bits per heavy atom. The lowest BCUT2D eigenvalue weighted by Crippen LogP contribution is -2.50. The number of thiophene rings is 1. The minimum absolute atomic E-state index is 0.0926. The van der Waals surface area contributed by atoms with Gasteiger partial charge in [0.25, 0.3) is 0 Å². The SMILES string of the molecule is C=CC1c2ccsc2CN(S(=O)(=O)c2ccc(OC)cc2)C1C(=O)OC. The molecule has 0 amide bonds. The smallest absolute Gasteiger partial charge is 0.325 e. The Bertz CT molecular complexity index is 917. The summed E-state index contributed by atoms with van der Waals surface area (Å²) in [5, 5.41) is 1.89. The number of rotatable bonds is 5. The molecule has 0 saturated carbocycles. The van der Waals surface area contributed by atoms with E-state index in [4.69, 9.17) is 9.47 Å². The maximum atomic E-state index is 13.3. The predicted molar refractivity (Wildman–Crippen MR) is 98.8 cm³/mol. The number of nitrogens with zero attached hydrogens (tertiary/aromatic N) is 1. The first-order chi connectivity index (χ1) is 12.4. The van der Waals surface area contributed by atoms with Gasteiger partial charge in [-0.15, -0.1) is 17.9 Å². The molecule has 2 aromatic rings. The zero-order chi connectivity index (χ0) is 18.9. The van der Waals surface area contributed by atoms with Crippen LogP contribution in [0.25, 0.3) is 0 Å². The van der Waals surface area contributed by atoms with Crippen molar-refractivity contribution >= 4 is 27.3 Å². The molecule has 0 spiro atoms. The number of fused-ring (bicyclic) bond motifs is 1. The van der Waals surface area contributed by atoms with Crippen molar-refractivity contribution in [1.29, 1.82) is 0 Å². The van der Waals surface area contributed by atoms with Gasteiger partial charge in [0, 0.05) is 17.3 Å². The van der Waals surface area contributed by atoms with Gasteiger partial charge in [-0.1, -0.05) is 6.08 Å². The van der Waals surface area contributed by atoms with Gasteiger partial charge in [-0.25, -0.2) is 8.42 Å². The number of hydrogen-bond acceptors (Lipinski definition) is 6. The lowest BCUT2D eigenvalue weighted by Gasteiger charge is -2.37. The van der Waals surface area contributed by atoms with Gasteiger partial charge in [-0.2, -0.15) is 4.31 Å². The highest BCUT2D eigenvalue weighted by Gasteiger charge is 2.45. The maximum Gasteiger partial charge on any atom is 0.325 e. The van der Waals surface area contributed by atoms with Gasteiger partial charge in [0.05, 0.1) is 19.1 Å². The molecule has 6 nitrogen and oxygen atoms in total. The summed E-state index contributed by atoms with van der Waals surface area (Å²) in [7, 11) is -1.16. The average Bonchev–Trinajstić information content (AvgIpc) is 3.14. The van der Waals surface area contributed by atoms with Crippen molar-refractivity contribution in [2.75, 3.05) is 14.2 Å². The second kappa shape index (κ2) is 7.22. The molecule has 2 unspecified atom stereocenters. The fourth-order valence-electron chi connectivity index (χ4n) is 3.12. The number of ether oxygens (including phenoxy) is 2. The first-order valence-electron chi connectivity index (χ1n) is 7.86. The van der Waals surface area contributed by atoms with E-state index in [1.54, 1.807) is 18.2 Å². The number of carbonyl (C=O) groups is 1. The largest absolute Gasteiger partial charge is 0.497 e. The van der Waals surface area contributed by atoms with E-state index in [1.165, 1.54) is 42.0 Å². The number of sulfonamides is 1. The van der Waals surface area contributed by atoms with Crippen LogP contribution in [0.3, 0.4) is 0 Å². The van der Waals surface area contributed by atoms with Crippen LogP contribution >= 0.6 is 11.3 Å². The van der Waals surface area contributed by atoms with Crippen molar-refractivity contribution in [2.24, 2.45) is 0 Å².